The predicted octanol–water partition coefficient (Wildman–Crippen LogP) is 5.15. The molecular weight excluding hydrogens is 646 g/mol. The van der Waals surface area contributed by atoms with Gasteiger partial charge in [-0.2, -0.15) is 5.10 Å². The van der Waals surface area contributed by atoms with Crippen LogP contribution in [-0.2, 0) is 19.1 Å². The summed E-state index contributed by atoms with van der Waals surface area (Å²) in [6, 6.07) is 23.7. The van der Waals surface area contributed by atoms with Gasteiger partial charge in [-0.15, -0.1) is 0 Å². The van der Waals surface area contributed by atoms with Gasteiger partial charge in [-0.05, 0) is 79.3 Å². The molecule has 2 aliphatic heterocycles. The summed E-state index contributed by atoms with van der Waals surface area (Å²) in [5, 5.41) is 11.6. The fraction of sp³-hybridized carbons (Fsp3) is 0.359. The average Bonchev–Trinajstić information content (AvgIpc) is 3.80. The van der Waals surface area contributed by atoms with Crippen molar-refractivity contribution >= 4 is 28.4 Å². The van der Waals surface area contributed by atoms with Crippen LogP contribution < -0.4 is 10.1 Å². The molecule has 264 valence electrons. The molecular formula is C39H43N7O5. The van der Waals surface area contributed by atoms with Gasteiger partial charge in [0, 0.05) is 75.0 Å². The summed E-state index contributed by atoms with van der Waals surface area (Å²) in [4.78, 5) is 39.8. The smallest absolute Gasteiger partial charge is 0.258 e. The third kappa shape index (κ3) is 7.63. The number of rotatable bonds is 12. The predicted molar refractivity (Wildman–Crippen MR) is 194 cm³/mol. The summed E-state index contributed by atoms with van der Waals surface area (Å²) in [5.41, 5.74) is 4.41. The van der Waals surface area contributed by atoms with Crippen LogP contribution in [0.15, 0.2) is 85.2 Å². The number of aromatic nitrogens is 4. The number of methoxy groups -OCH3 is 2. The highest BCUT2D eigenvalue weighted by molar-refractivity contribution is 6.01. The summed E-state index contributed by atoms with van der Waals surface area (Å²) in [5.74, 6) is 1.73. The zero-order valence-corrected chi connectivity index (χ0v) is 29.0. The standard InChI is InChI=1S/C39H43N7O5/c1-49-22-23-51-32-11-8-29(9-12-32)36-33-24-31(10-13-34(33)43-44-36)42-38(48)39(50-2)16-21-45(26-39)25-35(47)46-19-14-28(15-20-46)27-4-6-30(7-5-27)37-40-17-3-18-41-37/h3-13,17-18,24,28H,14-16,19-23,25-26H2,1-2H3,(H,42,48)(H,43,44)/t39-/m0/s1. The monoisotopic (exact) mass is 689 g/mol. The Kier molecular flexibility index (Phi) is 10.3. The van der Waals surface area contributed by atoms with Gasteiger partial charge < -0.3 is 24.4 Å². The van der Waals surface area contributed by atoms with Gasteiger partial charge in [-0.1, -0.05) is 24.3 Å². The minimum Gasteiger partial charge on any atom is -0.491 e. The van der Waals surface area contributed by atoms with Crippen molar-refractivity contribution in [3.63, 3.8) is 0 Å². The summed E-state index contributed by atoms with van der Waals surface area (Å²) >= 11 is 0. The Balaban J connectivity index is 0.928. The lowest BCUT2D eigenvalue weighted by atomic mass is 9.89. The molecule has 0 radical (unpaired) electrons. The van der Waals surface area contributed by atoms with Crippen LogP contribution in [-0.4, -0.2) is 108 Å². The van der Waals surface area contributed by atoms with Gasteiger partial charge in [0.15, 0.2) is 11.4 Å². The number of aromatic amines is 1. The lowest BCUT2D eigenvalue weighted by Gasteiger charge is -2.33. The van der Waals surface area contributed by atoms with E-state index >= 15 is 0 Å². The number of benzene rings is 3. The van der Waals surface area contributed by atoms with E-state index in [1.54, 1.807) is 26.6 Å². The molecule has 5 aromatic rings. The SMILES string of the molecule is COCCOc1ccc(-c2n[nH]c3ccc(NC(=O)[C@]4(OC)CCN(CC(=O)N5CCC(c6ccc(-c7ncccn7)cc6)CC5)C4)cc23)cc1. The largest absolute Gasteiger partial charge is 0.491 e. The fourth-order valence-electron chi connectivity index (χ4n) is 7.05. The van der Waals surface area contributed by atoms with Crippen molar-refractivity contribution < 1.29 is 23.8 Å². The van der Waals surface area contributed by atoms with Gasteiger partial charge in [0.2, 0.25) is 5.91 Å². The van der Waals surface area contributed by atoms with E-state index in [4.69, 9.17) is 14.2 Å². The number of fused-ring (bicyclic) bond motifs is 1. The van der Waals surface area contributed by atoms with Gasteiger partial charge in [0.05, 0.1) is 24.4 Å². The van der Waals surface area contributed by atoms with Crippen molar-refractivity contribution in [3.05, 3.63) is 90.8 Å². The number of amides is 2. The van der Waals surface area contributed by atoms with Gasteiger partial charge in [0.1, 0.15) is 12.4 Å². The third-order valence-electron chi connectivity index (χ3n) is 10.0. The first kappa shape index (κ1) is 34.3. The number of H-pyrrole nitrogens is 1. The Labute approximate surface area is 297 Å². The van der Waals surface area contributed by atoms with Crippen LogP contribution >= 0.6 is 0 Å². The molecule has 2 aliphatic rings. The zero-order valence-electron chi connectivity index (χ0n) is 29.0. The highest BCUT2D eigenvalue weighted by Crippen LogP contribution is 2.33. The molecule has 2 aromatic heterocycles. The minimum atomic E-state index is -1.06. The van der Waals surface area contributed by atoms with Crippen molar-refractivity contribution in [1.29, 1.82) is 0 Å². The van der Waals surface area contributed by atoms with Crippen LogP contribution in [0.1, 0.15) is 30.7 Å². The van der Waals surface area contributed by atoms with E-state index in [-0.39, 0.29) is 18.4 Å². The van der Waals surface area contributed by atoms with Gasteiger partial charge >= 0.3 is 0 Å². The molecule has 0 bridgehead atoms. The topological polar surface area (TPSA) is 135 Å². The molecule has 2 saturated heterocycles. The van der Waals surface area contributed by atoms with Crippen LogP contribution in [0.3, 0.4) is 0 Å². The number of likely N-dealkylation sites (tertiary alicyclic amines) is 2. The second-order valence-corrected chi connectivity index (χ2v) is 13.2. The van der Waals surface area contributed by atoms with Gasteiger partial charge in [-0.3, -0.25) is 19.6 Å². The number of carbonyl (C=O) groups is 2. The highest BCUT2D eigenvalue weighted by Gasteiger charge is 2.45. The van der Waals surface area contributed by atoms with E-state index in [2.05, 4.69) is 49.7 Å². The molecule has 51 heavy (non-hydrogen) atoms. The highest BCUT2D eigenvalue weighted by atomic mass is 16.5. The lowest BCUT2D eigenvalue weighted by Crippen LogP contribution is -2.48. The summed E-state index contributed by atoms with van der Waals surface area (Å²) in [6.45, 7) is 3.61. The summed E-state index contributed by atoms with van der Waals surface area (Å²) in [7, 11) is 3.21. The molecule has 0 unspecified atom stereocenters. The minimum absolute atomic E-state index is 0.0878. The van der Waals surface area contributed by atoms with E-state index in [1.165, 1.54) is 5.56 Å². The quantitative estimate of drug-likeness (QED) is 0.171. The van der Waals surface area contributed by atoms with Crippen LogP contribution in [0.2, 0.25) is 0 Å². The van der Waals surface area contributed by atoms with Crippen LogP contribution in [0.25, 0.3) is 33.5 Å². The third-order valence-corrected chi connectivity index (χ3v) is 10.0. The number of anilines is 1. The summed E-state index contributed by atoms with van der Waals surface area (Å²) < 4.78 is 16.6. The van der Waals surface area contributed by atoms with E-state index in [0.29, 0.717) is 57.4 Å². The Bertz CT molecular complexity index is 1940. The van der Waals surface area contributed by atoms with E-state index in [0.717, 1.165) is 52.1 Å². The van der Waals surface area contributed by atoms with Crippen LogP contribution in [0, 0.1) is 0 Å². The number of ether oxygens (including phenoxy) is 3. The van der Waals surface area contributed by atoms with Crippen LogP contribution in [0.4, 0.5) is 5.69 Å². The first-order chi connectivity index (χ1) is 24.9. The molecule has 2 amide bonds. The lowest BCUT2D eigenvalue weighted by molar-refractivity contribution is -0.138. The molecule has 0 aliphatic carbocycles. The molecule has 12 nitrogen and oxygen atoms in total. The zero-order chi connectivity index (χ0) is 35.2. The Morgan fingerprint density at radius 2 is 1.67 bits per heavy atom. The number of nitrogens with zero attached hydrogens (tertiary/aromatic N) is 5. The van der Waals surface area contributed by atoms with Crippen molar-refractivity contribution in [2.75, 3.05) is 65.5 Å². The number of nitrogens with one attached hydrogen (secondary N) is 2. The first-order valence-corrected chi connectivity index (χ1v) is 17.4. The van der Waals surface area contributed by atoms with Gasteiger partial charge in [-0.25, -0.2) is 9.97 Å². The first-order valence-electron chi connectivity index (χ1n) is 17.4. The van der Waals surface area contributed by atoms with Crippen molar-refractivity contribution in [2.45, 2.75) is 30.8 Å². The molecule has 1 atom stereocenters. The average molecular weight is 690 g/mol. The number of hydrogen-bond donors (Lipinski definition) is 2. The second-order valence-electron chi connectivity index (χ2n) is 13.2. The molecule has 0 spiro atoms. The Morgan fingerprint density at radius 1 is 0.922 bits per heavy atom. The van der Waals surface area contributed by atoms with E-state index in [1.807, 2.05) is 58.3 Å². The maximum atomic E-state index is 13.7. The Morgan fingerprint density at radius 3 is 2.39 bits per heavy atom. The van der Waals surface area contributed by atoms with E-state index in [9.17, 15) is 9.59 Å². The van der Waals surface area contributed by atoms with Gasteiger partial charge in [0.25, 0.3) is 5.91 Å². The van der Waals surface area contributed by atoms with Crippen LogP contribution in [0.5, 0.6) is 5.75 Å². The normalized spacial score (nSPS) is 18.3. The molecule has 4 heterocycles. The number of hydrogen-bond acceptors (Lipinski definition) is 9. The number of carbonyl (C=O) groups excluding carboxylic acids is 2. The fourth-order valence-corrected chi connectivity index (χ4v) is 7.05. The molecule has 2 N–H and O–H groups in total. The van der Waals surface area contributed by atoms with Crippen molar-refractivity contribution in [2.24, 2.45) is 0 Å². The molecule has 2 fully saturated rings. The maximum Gasteiger partial charge on any atom is 0.258 e. The maximum absolute atomic E-state index is 13.7. The molecule has 12 heteroatoms. The molecule has 7 rings (SSSR count). The molecule has 0 saturated carbocycles. The van der Waals surface area contributed by atoms with E-state index < -0.39 is 5.60 Å². The number of piperidine rings is 1. The van der Waals surface area contributed by atoms with Crippen molar-refractivity contribution in [1.82, 2.24) is 30.0 Å². The Hall–Kier alpha value is -5.17. The summed E-state index contributed by atoms with van der Waals surface area (Å²) in [6.07, 6.45) is 5.81. The van der Waals surface area contributed by atoms with Crippen molar-refractivity contribution in [3.8, 4) is 28.4 Å². The second kappa shape index (κ2) is 15.4. The molecule has 3 aromatic carbocycles.